The van der Waals surface area contributed by atoms with E-state index in [2.05, 4.69) is 10.5 Å². The zero-order valence-corrected chi connectivity index (χ0v) is 16.4. The van der Waals surface area contributed by atoms with Crippen LogP contribution in [0.5, 0.6) is 11.5 Å². The molecule has 0 saturated heterocycles. The predicted molar refractivity (Wildman–Crippen MR) is 106 cm³/mol. The predicted octanol–water partition coefficient (Wildman–Crippen LogP) is 2.60. The van der Waals surface area contributed by atoms with Gasteiger partial charge in [-0.05, 0) is 50.2 Å². The van der Waals surface area contributed by atoms with Gasteiger partial charge in [0.1, 0.15) is 0 Å². The van der Waals surface area contributed by atoms with Gasteiger partial charge in [0.15, 0.2) is 17.6 Å². The van der Waals surface area contributed by atoms with Crippen molar-refractivity contribution in [2.45, 2.75) is 20.0 Å². The second kappa shape index (κ2) is 9.43. The smallest absolute Gasteiger partial charge is 0.347 e. The van der Waals surface area contributed by atoms with Crippen molar-refractivity contribution < 1.29 is 28.6 Å². The molecule has 2 aromatic rings. The van der Waals surface area contributed by atoms with Crippen molar-refractivity contribution in [3.8, 4) is 17.6 Å². The lowest BCUT2D eigenvalue weighted by Gasteiger charge is -2.13. The highest BCUT2D eigenvalue weighted by Gasteiger charge is 2.19. The minimum absolute atomic E-state index is 0.173. The number of nitrogens with zero attached hydrogens (tertiary/aromatic N) is 2. The number of ether oxygens (including phenoxy) is 3. The monoisotopic (exact) mass is 409 g/mol. The molecule has 0 spiro atoms. The molecule has 1 N–H and O–H groups in total. The molecule has 1 aliphatic heterocycles. The number of carbonyl (C=O) groups excluding carboxylic acids is 2. The molecular weight excluding hydrogens is 390 g/mol. The van der Waals surface area contributed by atoms with Crippen LogP contribution in [0.25, 0.3) is 0 Å². The van der Waals surface area contributed by atoms with Gasteiger partial charge in [-0.25, -0.2) is 4.79 Å². The summed E-state index contributed by atoms with van der Waals surface area (Å²) < 4.78 is 15.6. The number of hydrogen-bond donors (Lipinski definition) is 1. The van der Waals surface area contributed by atoms with Crippen molar-refractivity contribution in [1.29, 1.82) is 5.26 Å². The van der Waals surface area contributed by atoms with Crippen LogP contribution in [-0.4, -0.2) is 37.1 Å². The largest absolute Gasteiger partial charge is 0.454 e. The highest BCUT2D eigenvalue weighted by Crippen LogP contribution is 2.32. The van der Waals surface area contributed by atoms with Crippen molar-refractivity contribution in [2.75, 3.05) is 18.7 Å². The molecule has 0 unspecified atom stereocenters. The van der Waals surface area contributed by atoms with E-state index >= 15 is 0 Å². The lowest BCUT2D eigenvalue weighted by Crippen LogP contribution is -2.31. The number of esters is 1. The van der Waals surface area contributed by atoms with E-state index in [1.54, 1.807) is 43.3 Å². The van der Waals surface area contributed by atoms with Gasteiger partial charge in [0.25, 0.3) is 5.91 Å². The van der Waals surface area contributed by atoms with Gasteiger partial charge in [-0.1, -0.05) is 11.2 Å². The molecule has 9 heteroatoms. The number of fused-ring (bicyclic) bond motifs is 1. The number of carbonyl (C=O) groups is 2. The molecule has 9 nitrogen and oxygen atoms in total. The summed E-state index contributed by atoms with van der Waals surface area (Å²) in [6.07, 6.45) is -1.05. The molecule has 0 saturated carbocycles. The zero-order valence-electron chi connectivity index (χ0n) is 16.4. The SMILES string of the molecule is C/C(=N/OCC(=O)O[C@H](C)C(=O)Nc1cccc(C#N)c1)c1ccc2c(c1)OCO2. The summed E-state index contributed by atoms with van der Waals surface area (Å²) >= 11 is 0. The van der Waals surface area contributed by atoms with Crippen LogP contribution in [0.3, 0.4) is 0 Å². The van der Waals surface area contributed by atoms with Crippen molar-refractivity contribution in [3.05, 3.63) is 53.6 Å². The van der Waals surface area contributed by atoms with Crippen LogP contribution in [0.15, 0.2) is 47.6 Å². The van der Waals surface area contributed by atoms with E-state index in [4.69, 9.17) is 24.3 Å². The van der Waals surface area contributed by atoms with Gasteiger partial charge < -0.3 is 24.4 Å². The van der Waals surface area contributed by atoms with E-state index in [-0.39, 0.29) is 6.79 Å². The molecule has 0 radical (unpaired) electrons. The number of benzene rings is 2. The number of amides is 1. The minimum Gasteiger partial charge on any atom is -0.454 e. The van der Waals surface area contributed by atoms with Crippen LogP contribution in [0, 0.1) is 11.3 Å². The van der Waals surface area contributed by atoms with Gasteiger partial charge in [0.05, 0.1) is 17.3 Å². The Morgan fingerprint density at radius 1 is 1.23 bits per heavy atom. The molecule has 0 aliphatic carbocycles. The molecule has 0 fully saturated rings. The average molecular weight is 409 g/mol. The molecular formula is C21H19N3O6. The summed E-state index contributed by atoms with van der Waals surface area (Å²) in [5.41, 5.74) is 2.12. The Bertz CT molecular complexity index is 1030. The second-order valence-electron chi connectivity index (χ2n) is 6.33. The van der Waals surface area contributed by atoms with Crippen LogP contribution in [-0.2, 0) is 19.2 Å². The number of hydrogen-bond acceptors (Lipinski definition) is 8. The van der Waals surface area contributed by atoms with E-state index in [1.807, 2.05) is 6.07 Å². The van der Waals surface area contributed by atoms with Crippen LogP contribution in [0.4, 0.5) is 5.69 Å². The van der Waals surface area contributed by atoms with E-state index in [0.717, 1.165) is 5.56 Å². The topological polar surface area (TPSA) is 119 Å². The van der Waals surface area contributed by atoms with Crippen molar-refractivity contribution in [3.63, 3.8) is 0 Å². The third-order valence-electron chi connectivity index (χ3n) is 4.11. The van der Waals surface area contributed by atoms with Gasteiger partial charge in [-0.3, -0.25) is 4.79 Å². The van der Waals surface area contributed by atoms with Crippen LogP contribution in [0.1, 0.15) is 25.0 Å². The Kier molecular flexibility index (Phi) is 6.49. The Morgan fingerprint density at radius 3 is 2.83 bits per heavy atom. The van der Waals surface area contributed by atoms with E-state index < -0.39 is 24.6 Å². The first-order valence-electron chi connectivity index (χ1n) is 9.03. The summed E-state index contributed by atoms with van der Waals surface area (Å²) in [5.74, 6) is -0.00610. The summed E-state index contributed by atoms with van der Waals surface area (Å²) in [4.78, 5) is 29.1. The molecule has 1 heterocycles. The number of nitriles is 1. The highest BCUT2D eigenvalue weighted by molar-refractivity contribution is 5.99. The summed E-state index contributed by atoms with van der Waals surface area (Å²) in [7, 11) is 0. The van der Waals surface area contributed by atoms with Crippen molar-refractivity contribution in [1.82, 2.24) is 0 Å². The maximum Gasteiger partial charge on any atom is 0.347 e. The second-order valence-corrected chi connectivity index (χ2v) is 6.33. The fraction of sp³-hybridized carbons (Fsp3) is 0.238. The fourth-order valence-corrected chi connectivity index (χ4v) is 2.55. The van der Waals surface area contributed by atoms with Gasteiger partial charge in [0.2, 0.25) is 13.4 Å². The maximum absolute atomic E-state index is 12.1. The molecule has 30 heavy (non-hydrogen) atoms. The Morgan fingerprint density at radius 2 is 2.03 bits per heavy atom. The maximum atomic E-state index is 12.1. The average Bonchev–Trinajstić information content (AvgIpc) is 3.21. The molecule has 0 aromatic heterocycles. The minimum atomic E-state index is -1.05. The van der Waals surface area contributed by atoms with Gasteiger partial charge >= 0.3 is 5.97 Å². The third kappa shape index (κ3) is 5.26. The zero-order chi connectivity index (χ0) is 21.5. The van der Waals surface area contributed by atoms with Crippen LogP contribution < -0.4 is 14.8 Å². The number of nitrogens with one attached hydrogen (secondary N) is 1. The quantitative estimate of drug-likeness (QED) is 0.424. The molecule has 1 atom stereocenters. The first-order valence-corrected chi connectivity index (χ1v) is 9.03. The first-order chi connectivity index (χ1) is 14.5. The number of oxime groups is 1. The van der Waals surface area contributed by atoms with Gasteiger partial charge in [0, 0.05) is 11.3 Å². The fourth-order valence-electron chi connectivity index (χ4n) is 2.55. The first kappa shape index (κ1) is 20.7. The van der Waals surface area contributed by atoms with Crippen molar-refractivity contribution in [2.24, 2.45) is 5.16 Å². The molecule has 1 amide bonds. The normalized spacial score (nSPS) is 13.2. The number of anilines is 1. The van der Waals surface area contributed by atoms with Gasteiger partial charge in [-0.15, -0.1) is 0 Å². The lowest BCUT2D eigenvalue weighted by molar-refractivity contribution is -0.157. The molecule has 3 rings (SSSR count). The van der Waals surface area contributed by atoms with E-state index in [0.29, 0.717) is 28.5 Å². The Labute approximate surface area is 172 Å². The van der Waals surface area contributed by atoms with Crippen molar-refractivity contribution >= 4 is 23.3 Å². The summed E-state index contributed by atoms with van der Waals surface area (Å²) in [6.45, 7) is 2.87. The highest BCUT2D eigenvalue weighted by atomic mass is 16.7. The molecule has 154 valence electrons. The van der Waals surface area contributed by atoms with Gasteiger partial charge in [-0.2, -0.15) is 5.26 Å². The third-order valence-corrected chi connectivity index (χ3v) is 4.11. The molecule has 0 bridgehead atoms. The molecule has 2 aromatic carbocycles. The van der Waals surface area contributed by atoms with Crippen LogP contribution in [0.2, 0.25) is 0 Å². The Balaban J connectivity index is 1.47. The Hall–Kier alpha value is -4.06. The summed E-state index contributed by atoms with van der Waals surface area (Å²) in [5, 5.41) is 15.4. The lowest BCUT2D eigenvalue weighted by atomic mass is 10.1. The van der Waals surface area contributed by atoms with E-state index in [1.165, 1.54) is 13.0 Å². The van der Waals surface area contributed by atoms with E-state index in [9.17, 15) is 9.59 Å². The standard InChI is InChI=1S/C21H19N3O6/c1-13(16-6-7-18-19(9-16)28-12-27-18)24-29-11-20(25)30-14(2)21(26)23-17-5-3-4-15(8-17)10-22/h3-9,14H,11-12H2,1-2H3,(H,23,26)/b24-13-/t14-/m1/s1. The summed E-state index contributed by atoms with van der Waals surface area (Å²) in [6, 6.07) is 13.7. The van der Waals surface area contributed by atoms with Crippen LogP contribution >= 0.6 is 0 Å². The number of rotatable bonds is 7. The molecule has 1 aliphatic rings.